The van der Waals surface area contributed by atoms with Crippen LogP contribution in [-0.4, -0.2) is 32.8 Å². The van der Waals surface area contributed by atoms with Crippen molar-refractivity contribution in [1.82, 2.24) is 19.7 Å². The summed E-state index contributed by atoms with van der Waals surface area (Å²) in [6.45, 7) is 0. The van der Waals surface area contributed by atoms with Crippen LogP contribution in [0.2, 0.25) is 0 Å². The van der Waals surface area contributed by atoms with E-state index in [9.17, 15) is 4.79 Å². The molecule has 3 aromatic rings. The number of carbonyl (C=O) groups excluding carboxylic acids is 1. The summed E-state index contributed by atoms with van der Waals surface area (Å²) in [4.78, 5) is 19.0. The van der Waals surface area contributed by atoms with Crippen LogP contribution in [0.1, 0.15) is 42.2 Å². The maximum absolute atomic E-state index is 11.6. The molecular formula is C17H18N4O2. The van der Waals surface area contributed by atoms with E-state index in [0.29, 0.717) is 17.4 Å². The van der Waals surface area contributed by atoms with Crippen LogP contribution in [0, 0.1) is 0 Å². The SMILES string of the molecule is COC(=O)c1cc2cc(-c3cnn(C4CCCC4)c3)cnc2[nH]1. The van der Waals surface area contributed by atoms with Crippen LogP contribution in [-0.2, 0) is 4.74 Å². The first-order valence-corrected chi connectivity index (χ1v) is 7.86. The van der Waals surface area contributed by atoms with Gasteiger partial charge in [0.2, 0.25) is 0 Å². The number of rotatable bonds is 3. The third kappa shape index (κ3) is 2.50. The molecule has 1 aliphatic carbocycles. The van der Waals surface area contributed by atoms with Crippen molar-refractivity contribution in [3.8, 4) is 11.1 Å². The van der Waals surface area contributed by atoms with Gasteiger partial charge in [-0.15, -0.1) is 0 Å². The summed E-state index contributed by atoms with van der Waals surface area (Å²) in [5.41, 5.74) is 3.13. The number of aromatic amines is 1. The molecule has 0 radical (unpaired) electrons. The third-order valence-electron chi connectivity index (χ3n) is 4.51. The molecule has 3 aromatic heterocycles. The molecule has 0 aromatic carbocycles. The molecule has 23 heavy (non-hydrogen) atoms. The summed E-state index contributed by atoms with van der Waals surface area (Å²) in [5, 5.41) is 5.39. The van der Waals surface area contributed by atoms with Gasteiger partial charge in [-0.1, -0.05) is 12.8 Å². The van der Waals surface area contributed by atoms with Crippen LogP contribution in [0.3, 0.4) is 0 Å². The highest BCUT2D eigenvalue weighted by molar-refractivity contribution is 5.94. The van der Waals surface area contributed by atoms with Gasteiger partial charge < -0.3 is 9.72 Å². The molecule has 6 heteroatoms. The molecule has 118 valence electrons. The first kappa shape index (κ1) is 14.0. The molecule has 0 aliphatic heterocycles. The number of hydrogen-bond acceptors (Lipinski definition) is 4. The standard InChI is InChI=1S/C17H18N4O2/c1-23-17(22)15-7-11-6-12(8-18-16(11)20-15)13-9-19-21(10-13)14-4-2-3-5-14/h6-10,14H,2-5H2,1H3,(H,18,20). The quantitative estimate of drug-likeness (QED) is 0.753. The number of nitrogens with zero attached hydrogens (tertiary/aromatic N) is 3. The average molecular weight is 310 g/mol. The molecule has 4 rings (SSSR count). The molecule has 6 nitrogen and oxygen atoms in total. The van der Waals surface area contributed by atoms with Gasteiger partial charge in [0, 0.05) is 28.9 Å². The van der Waals surface area contributed by atoms with Gasteiger partial charge in [-0.05, 0) is 25.0 Å². The average Bonchev–Trinajstić information content (AvgIpc) is 3.31. The highest BCUT2D eigenvalue weighted by Crippen LogP contribution is 2.30. The summed E-state index contributed by atoms with van der Waals surface area (Å²) < 4.78 is 6.80. The van der Waals surface area contributed by atoms with Gasteiger partial charge in [-0.3, -0.25) is 4.68 Å². The number of hydrogen-bond donors (Lipinski definition) is 1. The van der Waals surface area contributed by atoms with Crippen molar-refractivity contribution >= 4 is 17.0 Å². The van der Waals surface area contributed by atoms with E-state index in [0.717, 1.165) is 16.5 Å². The van der Waals surface area contributed by atoms with Crippen molar-refractivity contribution in [2.45, 2.75) is 31.7 Å². The highest BCUT2D eigenvalue weighted by atomic mass is 16.5. The number of ether oxygens (including phenoxy) is 1. The number of nitrogens with one attached hydrogen (secondary N) is 1. The van der Waals surface area contributed by atoms with Crippen molar-refractivity contribution in [3.05, 3.63) is 36.4 Å². The Bertz CT molecular complexity index is 858. The van der Waals surface area contributed by atoms with E-state index in [1.54, 1.807) is 12.3 Å². The van der Waals surface area contributed by atoms with Crippen LogP contribution >= 0.6 is 0 Å². The predicted octanol–water partition coefficient (Wildman–Crippen LogP) is 3.33. The van der Waals surface area contributed by atoms with E-state index in [-0.39, 0.29) is 0 Å². The molecule has 0 spiro atoms. The topological polar surface area (TPSA) is 72.8 Å². The molecule has 1 saturated carbocycles. The van der Waals surface area contributed by atoms with Crippen molar-refractivity contribution in [2.75, 3.05) is 7.11 Å². The minimum Gasteiger partial charge on any atom is -0.464 e. The molecule has 0 saturated heterocycles. The molecule has 3 heterocycles. The minimum atomic E-state index is -0.390. The first-order chi connectivity index (χ1) is 11.2. The number of esters is 1. The lowest BCUT2D eigenvalue weighted by atomic mass is 10.1. The lowest BCUT2D eigenvalue weighted by molar-refractivity contribution is 0.0595. The molecule has 1 fully saturated rings. The Balaban J connectivity index is 1.67. The number of pyridine rings is 1. The summed E-state index contributed by atoms with van der Waals surface area (Å²) in [6.07, 6.45) is 10.8. The molecular weight excluding hydrogens is 292 g/mol. The molecule has 1 aliphatic rings. The predicted molar refractivity (Wildman–Crippen MR) is 86.2 cm³/mol. The summed E-state index contributed by atoms with van der Waals surface area (Å²) in [6, 6.07) is 4.30. The van der Waals surface area contributed by atoms with Crippen LogP contribution < -0.4 is 0 Å². The van der Waals surface area contributed by atoms with E-state index < -0.39 is 5.97 Å². The van der Waals surface area contributed by atoms with E-state index >= 15 is 0 Å². The van der Waals surface area contributed by atoms with E-state index in [1.165, 1.54) is 32.8 Å². The van der Waals surface area contributed by atoms with Crippen LogP contribution in [0.15, 0.2) is 30.7 Å². The second-order valence-electron chi connectivity index (χ2n) is 5.98. The first-order valence-electron chi connectivity index (χ1n) is 7.86. The maximum Gasteiger partial charge on any atom is 0.354 e. The van der Waals surface area contributed by atoms with Gasteiger partial charge in [-0.25, -0.2) is 9.78 Å². The smallest absolute Gasteiger partial charge is 0.354 e. The van der Waals surface area contributed by atoms with Crippen molar-refractivity contribution < 1.29 is 9.53 Å². The number of H-pyrrole nitrogens is 1. The zero-order valence-corrected chi connectivity index (χ0v) is 13.0. The Morgan fingerprint density at radius 3 is 2.87 bits per heavy atom. The van der Waals surface area contributed by atoms with Crippen molar-refractivity contribution in [3.63, 3.8) is 0 Å². The minimum absolute atomic E-state index is 0.390. The number of methoxy groups -OCH3 is 1. The second kappa shape index (κ2) is 5.53. The van der Waals surface area contributed by atoms with Crippen LogP contribution in [0.4, 0.5) is 0 Å². The van der Waals surface area contributed by atoms with E-state index in [1.807, 2.05) is 12.3 Å². The Kier molecular flexibility index (Phi) is 3.37. The zero-order chi connectivity index (χ0) is 15.8. The lowest BCUT2D eigenvalue weighted by Crippen LogP contribution is -2.04. The van der Waals surface area contributed by atoms with Gasteiger partial charge in [0.1, 0.15) is 11.3 Å². The number of aromatic nitrogens is 4. The molecule has 0 unspecified atom stereocenters. The molecule has 0 bridgehead atoms. The summed E-state index contributed by atoms with van der Waals surface area (Å²) in [5.74, 6) is -0.390. The fraction of sp³-hybridized carbons (Fsp3) is 0.353. The third-order valence-corrected chi connectivity index (χ3v) is 4.51. The Hall–Kier alpha value is -2.63. The van der Waals surface area contributed by atoms with Crippen molar-refractivity contribution in [2.24, 2.45) is 0 Å². The molecule has 0 amide bonds. The second-order valence-corrected chi connectivity index (χ2v) is 5.98. The normalized spacial score (nSPS) is 15.3. The lowest BCUT2D eigenvalue weighted by Gasteiger charge is -2.08. The van der Waals surface area contributed by atoms with Gasteiger partial charge in [0.15, 0.2) is 0 Å². The fourth-order valence-corrected chi connectivity index (χ4v) is 3.25. The monoisotopic (exact) mass is 310 g/mol. The van der Waals surface area contributed by atoms with Gasteiger partial charge in [0.05, 0.1) is 19.3 Å². The Morgan fingerprint density at radius 1 is 1.26 bits per heavy atom. The zero-order valence-electron chi connectivity index (χ0n) is 13.0. The summed E-state index contributed by atoms with van der Waals surface area (Å²) >= 11 is 0. The molecule has 0 atom stereocenters. The summed E-state index contributed by atoms with van der Waals surface area (Å²) in [7, 11) is 1.37. The fourth-order valence-electron chi connectivity index (χ4n) is 3.25. The van der Waals surface area contributed by atoms with Crippen LogP contribution in [0.5, 0.6) is 0 Å². The molecule has 1 N–H and O–H groups in total. The Morgan fingerprint density at radius 2 is 2.09 bits per heavy atom. The van der Waals surface area contributed by atoms with Gasteiger partial charge in [-0.2, -0.15) is 5.10 Å². The number of carbonyl (C=O) groups is 1. The maximum atomic E-state index is 11.6. The highest BCUT2D eigenvalue weighted by Gasteiger charge is 2.18. The van der Waals surface area contributed by atoms with E-state index in [2.05, 4.69) is 25.9 Å². The van der Waals surface area contributed by atoms with Gasteiger partial charge >= 0.3 is 5.97 Å². The van der Waals surface area contributed by atoms with Gasteiger partial charge in [0.25, 0.3) is 0 Å². The Labute approximate surface area is 133 Å². The van der Waals surface area contributed by atoms with Crippen LogP contribution in [0.25, 0.3) is 22.2 Å². The van der Waals surface area contributed by atoms with Crippen molar-refractivity contribution in [1.29, 1.82) is 0 Å². The van der Waals surface area contributed by atoms with E-state index in [4.69, 9.17) is 4.74 Å². The number of fused-ring (bicyclic) bond motifs is 1. The largest absolute Gasteiger partial charge is 0.464 e.